The molecule has 0 amide bonds. The van der Waals surface area contributed by atoms with Crippen molar-refractivity contribution in [2.75, 3.05) is 20.8 Å². The molecule has 13 heavy (non-hydrogen) atoms. The molecule has 0 aliphatic rings. The van der Waals surface area contributed by atoms with Crippen molar-refractivity contribution in [1.29, 1.82) is 0 Å². The molecule has 1 aromatic heterocycles. The van der Waals surface area contributed by atoms with Gasteiger partial charge in [-0.2, -0.15) is 0 Å². The minimum absolute atomic E-state index is 0.272. The summed E-state index contributed by atoms with van der Waals surface area (Å²) < 4.78 is 14.7. The standard InChI is InChI=1S/C7H13N3O3/c1-7(4-8,12-3)5-6(11-2)10-13-9-5/h4,8H2,1-3H3. The fourth-order valence-corrected chi connectivity index (χ4v) is 0.914. The fraction of sp³-hybridized carbons (Fsp3) is 0.714. The Morgan fingerprint density at radius 3 is 2.62 bits per heavy atom. The van der Waals surface area contributed by atoms with Gasteiger partial charge in [-0.25, -0.2) is 4.63 Å². The van der Waals surface area contributed by atoms with Crippen LogP contribution in [0.15, 0.2) is 4.63 Å². The zero-order valence-corrected chi connectivity index (χ0v) is 7.90. The van der Waals surface area contributed by atoms with Crippen LogP contribution in [0.3, 0.4) is 0 Å². The summed E-state index contributed by atoms with van der Waals surface area (Å²) in [5.41, 5.74) is 5.30. The highest BCUT2D eigenvalue weighted by molar-refractivity contribution is 5.22. The van der Waals surface area contributed by atoms with Crippen LogP contribution in [-0.2, 0) is 10.3 Å². The van der Waals surface area contributed by atoms with Gasteiger partial charge in [0.1, 0.15) is 5.60 Å². The van der Waals surface area contributed by atoms with Crippen LogP contribution in [0.25, 0.3) is 0 Å². The van der Waals surface area contributed by atoms with Gasteiger partial charge in [-0.1, -0.05) is 0 Å². The van der Waals surface area contributed by atoms with Crippen LogP contribution in [0.4, 0.5) is 0 Å². The lowest BCUT2D eigenvalue weighted by Crippen LogP contribution is -2.34. The summed E-state index contributed by atoms with van der Waals surface area (Å²) in [5.74, 6) is 0.301. The average molecular weight is 187 g/mol. The molecule has 0 radical (unpaired) electrons. The number of methoxy groups -OCH3 is 2. The smallest absolute Gasteiger partial charge is 0.281 e. The van der Waals surface area contributed by atoms with Crippen LogP contribution in [0.1, 0.15) is 12.6 Å². The van der Waals surface area contributed by atoms with Gasteiger partial charge in [0.15, 0.2) is 5.69 Å². The summed E-state index contributed by atoms with van der Waals surface area (Å²) >= 11 is 0. The molecule has 74 valence electrons. The average Bonchev–Trinajstić information content (AvgIpc) is 2.65. The lowest BCUT2D eigenvalue weighted by Gasteiger charge is -2.23. The van der Waals surface area contributed by atoms with Crippen molar-refractivity contribution in [3.05, 3.63) is 5.69 Å². The molecule has 2 N–H and O–H groups in total. The number of aromatic nitrogens is 2. The third kappa shape index (κ3) is 1.63. The first kappa shape index (κ1) is 9.94. The van der Waals surface area contributed by atoms with E-state index < -0.39 is 5.60 Å². The van der Waals surface area contributed by atoms with Gasteiger partial charge in [0.2, 0.25) is 0 Å². The third-order valence-electron chi connectivity index (χ3n) is 1.99. The van der Waals surface area contributed by atoms with Crippen LogP contribution < -0.4 is 10.5 Å². The van der Waals surface area contributed by atoms with E-state index in [-0.39, 0.29) is 6.54 Å². The molecule has 0 aliphatic carbocycles. The maximum Gasteiger partial charge on any atom is 0.281 e. The number of nitrogens with zero attached hydrogens (tertiary/aromatic N) is 2. The van der Waals surface area contributed by atoms with Crippen molar-refractivity contribution in [3.63, 3.8) is 0 Å². The highest BCUT2D eigenvalue weighted by Crippen LogP contribution is 2.28. The van der Waals surface area contributed by atoms with Gasteiger partial charge in [0, 0.05) is 13.7 Å². The van der Waals surface area contributed by atoms with Crippen molar-refractivity contribution < 1.29 is 14.1 Å². The Morgan fingerprint density at radius 1 is 1.46 bits per heavy atom. The van der Waals surface area contributed by atoms with E-state index in [9.17, 15) is 0 Å². The highest BCUT2D eigenvalue weighted by atomic mass is 16.6. The molecule has 0 saturated heterocycles. The first-order valence-electron chi connectivity index (χ1n) is 3.80. The van der Waals surface area contributed by atoms with Crippen molar-refractivity contribution in [1.82, 2.24) is 10.3 Å². The Balaban J connectivity index is 3.03. The van der Waals surface area contributed by atoms with E-state index in [4.69, 9.17) is 15.2 Å². The predicted molar refractivity (Wildman–Crippen MR) is 44.3 cm³/mol. The number of hydrogen-bond acceptors (Lipinski definition) is 6. The molecule has 1 atom stereocenters. The summed E-state index contributed by atoms with van der Waals surface area (Å²) in [6, 6.07) is 0. The second-order valence-electron chi connectivity index (χ2n) is 2.76. The summed E-state index contributed by atoms with van der Waals surface area (Å²) in [4.78, 5) is 0. The van der Waals surface area contributed by atoms with Crippen LogP contribution >= 0.6 is 0 Å². The number of nitrogens with two attached hydrogens (primary N) is 1. The van der Waals surface area contributed by atoms with Gasteiger partial charge in [-0.05, 0) is 17.2 Å². The molecule has 1 rings (SSSR count). The van der Waals surface area contributed by atoms with Crippen LogP contribution in [0.5, 0.6) is 5.88 Å². The number of rotatable bonds is 4. The summed E-state index contributed by atoms with van der Waals surface area (Å²) in [7, 11) is 3.02. The summed E-state index contributed by atoms with van der Waals surface area (Å²) in [5, 5.41) is 7.24. The lowest BCUT2D eigenvalue weighted by molar-refractivity contribution is 0.00236. The largest absolute Gasteiger partial charge is 0.477 e. The van der Waals surface area contributed by atoms with Gasteiger partial charge in [0.05, 0.1) is 7.11 Å². The Bertz CT molecular complexity index is 270. The Morgan fingerprint density at radius 2 is 2.15 bits per heavy atom. The Hall–Kier alpha value is -1.14. The molecule has 0 spiro atoms. The van der Waals surface area contributed by atoms with E-state index >= 15 is 0 Å². The predicted octanol–water partition coefficient (Wildman–Crippen LogP) is -0.102. The van der Waals surface area contributed by atoms with Crippen molar-refractivity contribution in [2.45, 2.75) is 12.5 Å². The molecular weight excluding hydrogens is 174 g/mol. The molecular formula is C7H13N3O3. The van der Waals surface area contributed by atoms with Gasteiger partial charge in [-0.15, -0.1) is 0 Å². The molecule has 0 fully saturated rings. The molecule has 0 saturated carbocycles. The zero-order valence-electron chi connectivity index (χ0n) is 7.90. The van der Waals surface area contributed by atoms with E-state index in [1.54, 1.807) is 14.0 Å². The van der Waals surface area contributed by atoms with Crippen molar-refractivity contribution in [2.24, 2.45) is 5.73 Å². The molecule has 1 heterocycles. The first-order valence-corrected chi connectivity index (χ1v) is 3.80. The van der Waals surface area contributed by atoms with Gasteiger partial charge in [-0.3, -0.25) is 0 Å². The molecule has 6 heteroatoms. The first-order chi connectivity index (χ1) is 6.18. The summed E-state index contributed by atoms with van der Waals surface area (Å²) in [6.45, 7) is 2.06. The molecule has 0 aromatic carbocycles. The zero-order chi connectivity index (χ0) is 9.90. The second-order valence-corrected chi connectivity index (χ2v) is 2.76. The van der Waals surface area contributed by atoms with Crippen molar-refractivity contribution in [3.8, 4) is 5.88 Å². The molecule has 1 unspecified atom stereocenters. The third-order valence-corrected chi connectivity index (χ3v) is 1.99. The van der Waals surface area contributed by atoms with E-state index in [2.05, 4.69) is 14.9 Å². The molecule has 0 bridgehead atoms. The normalized spacial score (nSPS) is 15.4. The van der Waals surface area contributed by atoms with Gasteiger partial charge in [0.25, 0.3) is 5.88 Å². The molecule has 0 aliphatic heterocycles. The quantitative estimate of drug-likeness (QED) is 0.708. The van der Waals surface area contributed by atoms with Crippen LogP contribution in [0, 0.1) is 0 Å². The van der Waals surface area contributed by atoms with E-state index in [1.165, 1.54) is 7.11 Å². The maximum absolute atomic E-state index is 5.54. The van der Waals surface area contributed by atoms with Crippen LogP contribution in [0.2, 0.25) is 0 Å². The number of hydrogen-bond donors (Lipinski definition) is 1. The van der Waals surface area contributed by atoms with Gasteiger partial charge < -0.3 is 15.2 Å². The topological polar surface area (TPSA) is 83.4 Å². The SMILES string of the molecule is COc1nonc1C(C)(CN)OC. The minimum Gasteiger partial charge on any atom is -0.477 e. The van der Waals surface area contributed by atoms with E-state index in [1.807, 2.05) is 0 Å². The minimum atomic E-state index is -0.717. The van der Waals surface area contributed by atoms with Crippen LogP contribution in [-0.4, -0.2) is 31.1 Å². The Labute approximate surface area is 76.0 Å². The second kappa shape index (κ2) is 3.71. The summed E-state index contributed by atoms with van der Waals surface area (Å²) in [6.07, 6.45) is 0. The lowest BCUT2D eigenvalue weighted by atomic mass is 10.0. The highest BCUT2D eigenvalue weighted by Gasteiger charge is 2.33. The number of ether oxygens (including phenoxy) is 2. The van der Waals surface area contributed by atoms with E-state index in [0.29, 0.717) is 11.6 Å². The fourth-order valence-electron chi connectivity index (χ4n) is 0.914. The van der Waals surface area contributed by atoms with Gasteiger partial charge >= 0.3 is 0 Å². The monoisotopic (exact) mass is 187 g/mol. The molecule has 6 nitrogen and oxygen atoms in total. The Kier molecular flexibility index (Phi) is 2.84. The van der Waals surface area contributed by atoms with E-state index in [0.717, 1.165) is 0 Å². The van der Waals surface area contributed by atoms with Crippen molar-refractivity contribution >= 4 is 0 Å². The molecule has 1 aromatic rings. The maximum atomic E-state index is 5.54.